The Hall–Kier alpha value is -1.52. The molecule has 0 bridgehead atoms. The summed E-state index contributed by atoms with van der Waals surface area (Å²) in [6.45, 7) is 6.90. The Bertz CT molecular complexity index is 540. The van der Waals surface area contributed by atoms with Gasteiger partial charge in [-0.15, -0.1) is 12.4 Å². The highest BCUT2D eigenvalue weighted by molar-refractivity contribution is 5.85. The van der Waals surface area contributed by atoms with E-state index in [0.29, 0.717) is 5.92 Å². The summed E-state index contributed by atoms with van der Waals surface area (Å²) in [4.78, 5) is 0. The van der Waals surface area contributed by atoms with Gasteiger partial charge in [-0.1, -0.05) is 32.0 Å². The van der Waals surface area contributed by atoms with Crippen LogP contribution in [0, 0.1) is 5.92 Å². The second kappa shape index (κ2) is 8.70. The number of rotatable bonds is 7. The molecule has 0 radical (unpaired) electrons. The Labute approximate surface area is 132 Å². The third kappa shape index (κ3) is 5.40. The van der Waals surface area contributed by atoms with Crippen LogP contribution in [0.2, 0.25) is 0 Å². The van der Waals surface area contributed by atoms with Crippen molar-refractivity contribution in [3.8, 4) is 5.75 Å². The summed E-state index contributed by atoms with van der Waals surface area (Å²) in [7, 11) is 1.70. The molecule has 116 valence electrons. The number of ether oxygens (including phenoxy) is 1. The monoisotopic (exact) mass is 309 g/mol. The van der Waals surface area contributed by atoms with E-state index in [-0.39, 0.29) is 12.4 Å². The Morgan fingerprint density at radius 1 is 1.19 bits per heavy atom. The van der Waals surface area contributed by atoms with Crippen molar-refractivity contribution < 1.29 is 4.74 Å². The zero-order chi connectivity index (χ0) is 14.4. The largest absolute Gasteiger partial charge is 0.496 e. The van der Waals surface area contributed by atoms with Gasteiger partial charge in [0, 0.05) is 31.4 Å². The van der Waals surface area contributed by atoms with Crippen LogP contribution in [-0.4, -0.2) is 16.9 Å². The van der Waals surface area contributed by atoms with Crippen molar-refractivity contribution in [1.82, 2.24) is 15.1 Å². The maximum Gasteiger partial charge on any atom is 0.123 e. The summed E-state index contributed by atoms with van der Waals surface area (Å²) in [6, 6.07) is 10.1. The molecule has 0 aliphatic carbocycles. The number of hydrogen-bond acceptors (Lipinski definition) is 3. The standard InChI is InChI=1S/C16H23N3O.ClH/c1-13(2)12-19-9-8-15(18-19)11-17-10-14-6-4-5-7-16(14)20-3;/h4-9,13,17H,10-12H2,1-3H3;1H. The van der Waals surface area contributed by atoms with Crippen LogP contribution in [0.4, 0.5) is 0 Å². The van der Waals surface area contributed by atoms with Crippen LogP contribution in [0.25, 0.3) is 0 Å². The number of aromatic nitrogens is 2. The van der Waals surface area contributed by atoms with Gasteiger partial charge in [0.2, 0.25) is 0 Å². The molecule has 2 aromatic rings. The maximum absolute atomic E-state index is 5.34. The molecule has 0 saturated heterocycles. The molecule has 5 heteroatoms. The molecule has 4 nitrogen and oxygen atoms in total. The second-order valence-electron chi connectivity index (χ2n) is 5.34. The highest BCUT2D eigenvalue weighted by Gasteiger charge is 2.03. The zero-order valence-electron chi connectivity index (χ0n) is 12.9. The van der Waals surface area contributed by atoms with Gasteiger partial charge in [-0.05, 0) is 18.1 Å². The predicted molar refractivity (Wildman–Crippen MR) is 87.9 cm³/mol. The molecule has 0 spiro atoms. The van der Waals surface area contributed by atoms with Crippen molar-refractivity contribution in [2.24, 2.45) is 5.92 Å². The van der Waals surface area contributed by atoms with Crippen molar-refractivity contribution in [3.05, 3.63) is 47.8 Å². The van der Waals surface area contributed by atoms with Gasteiger partial charge in [0.1, 0.15) is 5.75 Å². The number of methoxy groups -OCH3 is 1. The number of halogens is 1. The van der Waals surface area contributed by atoms with Gasteiger partial charge in [-0.2, -0.15) is 5.10 Å². The summed E-state index contributed by atoms with van der Waals surface area (Å²) in [5, 5.41) is 7.95. The van der Waals surface area contributed by atoms with Crippen LogP contribution in [-0.2, 0) is 19.6 Å². The molecule has 0 aliphatic rings. The van der Waals surface area contributed by atoms with Gasteiger partial charge < -0.3 is 10.1 Å². The first-order valence-electron chi connectivity index (χ1n) is 7.04. The van der Waals surface area contributed by atoms with E-state index in [1.54, 1.807) is 7.11 Å². The first kappa shape index (κ1) is 17.5. The first-order chi connectivity index (χ1) is 9.69. The molecular weight excluding hydrogens is 286 g/mol. The number of nitrogens with zero attached hydrogens (tertiary/aromatic N) is 2. The molecule has 2 rings (SSSR count). The van der Waals surface area contributed by atoms with E-state index >= 15 is 0 Å². The summed E-state index contributed by atoms with van der Waals surface area (Å²) < 4.78 is 7.34. The molecule has 0 unspecified atom stereocenters. The van der Waals surface area contributed by atoms with Crippen LogP contribution in [0.5, 0.6) is 5.75 Å². The Morgan fingerprint density at radius 3 is 2.67 bits per heavy atom. The van der Waals surface area contributed by atoms with E-state index in [1.807, 2.05) is 29.1 Å². The van der Waals surface area contributed by atoms with Crippen molar-refractivity contribution in [3.63, 3.8) is 0 Å². The first-order valence-corrected chi connectivity index (χ1v) is 7.04. The zero-order valence-corrected chi connectivity index (χ0v) is 13.7. The second-order valence-corrected chi connectivity index (χ2v) is 5.34. The van der Waals surface area contributed by atoms with Crippen LogP contribution in [0.15, 0.2) is 36.5 Å². The minimum atomic E-state index is 0. The number of para-hydroxylation sites is 1. The maximum atomic E-state index is 5.34. The minimum absolute atomic E-state index is 0. The van der Waals surface area contributed by atoms with E-state index in [0.717, 1.165) is 36.6 Å². The van der Waals surface area contributed by atoms with Gasteiger partial charge in [0.15, 0.2) is 0 Å². The normalized spacial score (nSPS) is 10.5. The lowest BCUT2D eigenvalue weighted by molar-refractivity contribution is 0.407. The molecule has 1 aromatic heterocycles. The molecule has 21 heavy (non-hydrogen) atoms. The van der Waals surface area contributed by atoms with E-state index in [2.05, 4.69) is 36.4 Å². The molecule has 1 N–H and O–H groups in total. The lowest BCUT2D eigenvalue weighted by Gasteiger charge is -2.08. The number of benzene rings is 1. The Kier molecular flexibility index (Phi) is 7.26. The summed E-state index contributed by atoms with van der Waals surface area (Å²) in [6.07, 6.45) is 2.04. The molecular formula is C16H24ClN3O. The Balaban J connectivity index is 0.00000220. The minimum Gasteiger partial charge on any atom is -0.496 e. The predicted octanol–water partition coefficient (Wildman–Crippen LogP) is 3.26. The van der Waals surface area contributed by atoms with Crippen molar-refractivity contribution in [1.29, 1.82) is 0 Å². The van der Waals surface area contributed by atoms with E-state index < -0.39 is 0 Å². The summed E-state index contributed by atoms with van der Waals surface area (Å²) in [5.74, 6) is 1.54. The number of hydrogen-bond donors (Lipinski definition) is 1. The van der Waals surface area contributed by atoms with E-state index in [9.17, 15) is 0 Å². The molecule has 0 fully saturated rings. The fourth-order valence-electron chi connectivity index (χ4n) is 2.15. The van der Waals surface area contributed by atoms with Crippen LogP contribution in [0.3, 0.4) is 0 Å². The summed E-state index contributed by atoms with van der Waals surface area (Å²) >= 11 is 0. The fraction of sp³-hybridized carbons (Fsp3) is 0.438. The molecule has 1 aromatic carbocycles. The summed E-state index contributed by atoms with van der Waals surface area (Å²) in [5.41, 5.74) is 2.23. The average Bonchev–Trinajstić information content (AvgIpc) is 2.86. The average molecular weight is 310 g/mol. The topological polar surface area (TPSA) is 39.1 Å². The molecule has 0 atom stereocenters. The van der Waals surface area contributed by atoms with Crippen LogP contribution in [0.1, 0.15) is 25.1 Å². The van der Waals surface area contributed by atoms with Gasteiger partial charge in [0.25, 0.3) is 0 Å². The SMILES string of the molecule is COc1ccccc1CNCc1ccn(CC(C)C)n1.Cl. The molecule has 0 aliphatic heterocycles. The highest BCUT2D eigenvalue weighted by atomic mass is 35.5. The van der Waals surface area contributed by atoms with Crippen molar-refractivity contribution in [2.45, 2.75) is 33.5 Å². The van der Waals surface area contributed by atoms with Gasteiger partial charge in [-0.25, -0.2) is 0 Å². The van der Waals surface area contributed by atoms with Gasteiger partial charge in [0.05, 0.1) is 12.8 Å². The van der Waals surface area contributed by atoms with Crippen molar-refractivity contribution >= 4 is 12.4 Å². The fourth-order valence-corrected chi connectivity index (χ4v) is 2.15. The smallest absolute Gasteiger partial charge is 0.123 e. The molecule has 1 heterocycles. The third-order valence-corrected chi connectivity index (χ3v) is 3.06. The third-order valence-electron chi connectivity index (χ3n) is 3.06. The lowest BCUT2D eigenvalue weighted by Crippen LogP contribution is -2.14. The van der Waals surface area contributed by atoms with E-state index in [1.165, 1.54) is 0 Å². The van der Waals surface area contributed by atoms with Crippen molar-refractivity contribution in [2.75, 3.05) is 7.11 Å². The van der Waals surface area contributed by atoms with Gasteiger partial charge in [-0.3, -0.25) is 4.68 Å². The molecule has 0 amide bonds. The lowest BCUT2D eigenvalue weighted by atomic mass is 10.2. The van der Waals surface area contributed by atoms with E-state index in [4.69, 9.17) is 4.74 Å². The quantitative estimate of drug-likeness (QED) is 0.853. The van der Waals surface area contributed by atoms with Gasteiger partial charge >= 0.3 is 0 Å². The number of nitrogens with one attached hydrogen (secondary N) is 1. The van der Waals surface area contributed by atoms with Crippen LogP contribution < -0.4 is 10.1 Å². The molecule has 0 saturated carbocycles. The van der Waals surface area contributed by atoms with Crippen LogP contribution >= 0.6 is 12.4 Å². The highest BCUT2D eigenvalue weighted by Crippen LogP contribution is 2.16. The Morgan fingerprint density at radius 2 is 1.95 bits per heavy atom.